The first kappa shape index (κ1) is 29.5. The highest BCUT2D eigenvalue weighted by atomic mass is 15.1. The number of hydrogen-bond donors (Lipinski definition) is 0. The van der Waals surface area contributed by atoms with Gasteiger partial charge in [-0.1, -0.05) is 140 Å². The van der Waals surface area contributed by atoms with E-state index in [0.717, 1.165) is 45.1 Å². The topological polar surface area (TPSA) is 40.0 Å². The highest BCUT2D eigenvalue weighted by molar-refractivity contribution is 6.23. The van der Waals surface area contributed by atoms with Gasteiger partial charge in [-0.15, -0.1) is 0 Å². The molecule has 0 amide bonds. The second-order valence-electron chi connectivity index (χ2n) is 13.5. The normalized spacial score (nSPS) is 11.8. The minimum Gasteiger partial charge on any atom is -0.307 e. The molecule has 0 aliphatic rings. The van der Waals surface area contributed by atoms with E-state index in [0.29, 0.717) is 5.78 Å². The first-order valence-corrected chi connectivity index (χ1v) is 17.9. The van der Waals surface area contributed by atoms with Crippen molar-refractivity contribution in [1.82, 2.24) is 23.5 Å². The Bertz CT molecular complexity index is 3140. The minimum absolute atomic E-state index is 0.669. The molecule has 0 atom stereocenters. The molecule has 0 spiro atoms. The summed E-state index contributed by atoms with van der Waals surface area (Å²) < 4.78 is 6.96. The zero-order chi connectivity index (χ0) is 34.9. The Morgan fingerprint density at radius 3 is 1.47 bits per heavy atom. The molecule has 0 aliphatic heterocycles. The van der Waals surface area contributed by atoms with E-state index < -0.39 is 0 Å². The summed E-state index contributed by atoms with van der Waals surface area (Å²) in [4.78, 5) is 10.2. The predicted molar refractivity (Wildman–Crippen MR) is 218 cm³/mol. The summed E-state index contributed by atoms with van der Waals surface area (Å²) in [6.45, 7) is 0. The molecule has 0 bridgehead atoms. The number of para-hydroxylation sites is 3. The lowest BCUT2D eigenvalue weighted by atomic mass is 10.1. The van der Waals surface area contributed by atoms with Gasteiger partial charge in [0.25, 0.3) is 0 Å². The molecule has 53 heavy (non-hydrogen) atoms. The summed E-state index contributed by atoms with van der Waals surface area (Å²) in [5, 5.41) is 4.94. The van der Waals surface area contributed by atoms with Gasteiger partial charge in [0, 0.05) is 55.8 Å². The van der Waals surface area contributed by atoms with Gasteiger partial charge in [-0.2, -0.15) is 0 Å². The van der Waals surface area contributed by atoms with Gasteiger partial charge < -0.3 is 9.13 Å². The molecule has 0 unspecified atom stereocenters. The molecule has 248 valence electrons. The van der Waals surface area contributed by atoms with Crippen LogP contribution in [0, 0.1) is 0 Å². The second-order valence-corrected chi connectivity index (χ2v) is 13.5. The highest BCUT2D eigenvalue weighted by Gasteiger charge is 2.21. The second kappa shape index (κ2) is 11.7. The molecule has 7 aromatic carbocycles. The van der Waals surface area contributed by atoms with Crippen LogP contribution >= 0.6 is 0 Å². The van der Waals surface area contributed by atoms with E-state index in [1.54, 1.807) is 0 Å². The third-order valence-electron chi connectivity index (χ3n) is 10.5. The summed E-state index contributed by atoms with van der Waals surface area (Å²) in [7, 11) is 0. The zero-order valence-electron chi connectivity index (χ0n) is 28.6. The van der Waals surface area contributed by atoms with Crippen LogP contribution in [0.25, 0.3) is 94.5 Å². The van der Waals surface area contributed by atoms with Gasteiger partial charge in [-0.3, -0.25) is 4.40 Å². The number of fused-ring (bicyclic) bond motifs is 8. The average Bonchev–Trinajstić information content (AvgIpc) is 3.90. The lowest BCUT2D eigenvalue weighted by Crippen LogP contribution is -1.99. The summed E-state index contributed by atoms with van der Waals surface area (Å²) in [6, 6.07) is 64.4. The van der Waals surface area contributed by atoms with Crippen molar-refractivity contribution in [2.75, 3.05) is 0 Å². The van der Waals surface area contributed by atoms with Crippen molar-refractivity contribution in [2.45, 2.75) is 0 Å². The maximum atomic E-state index is 5.12. The number of aromatic nitrogens is 5. The molecule has 0 aliphatic carbocycles. The molecule has 4 aromatic heterocycles. The molecular weight excluding hydrogens is 647 g/mol. The molecule has 11 rings (SSSR count). The van der Waals surface area contributed by atoms with Crippen molar-refractivity contribution in [3.8, 4) is 45.1 Å². The van der Waals surface area contributed by atoms with Crippen LogP contribution in [0.4, 0.5) is 0 Å². The fourth-order valence-electron chi connectivity index (χ4n) is 8.16. The monoisotopic (exact) mass is 677 g/mol. The van der Waals surface area contributed by atoms with Gasteiger partial charge in [0.1, 0.15) is 0 Å². The molecule has 0 N–H and O–H groups in total. The van der Waals surface area contributed by atoms with E-state index in [1.165, 1.54) is 43.6 Å². The van der Waals surface area contributed by atoms with Crippen LogP contribution in [0.2, 0.25) is 0 Å². The first-order chi connectivity index (χ1) is 26.3. The van der Waals surface area contributed by atoms with Crippen LogP contribution in [-0.2, 0) is 0 Å². The van der Waals surface area contributed by atoms with Crippen molar-refractivity contribution in [3.63, 3.8) is 0 Å². The molecule has 0 saturated heterocycles. The predicted octanol–water partition coefficient (Wildman–Crippen LogP) is 11.9. The van der Waals surface area contributed by atoms with Crippen LogP contribution in [0.3, 0.4) is 0 Å². The zero-order valence-corrected chi connectivity index (χ0v) is 28.6. The number of rotatable bonds is 5. The molecular formula is C48H31N5. The van der Waals surface area contributed by atoms with E-state index in [9.17, 15) is 0 Å². The van der Waals surface area contributed by atoms with E-state index in [1.807, 2.05) is 12.1 Å². The Labute approximate surface area is 305 Å². The molecule has 5 nitrogen and oxygen atoms in total. The molecule has 4 heterocycles. The van der Waals surface area contributed by atoms with Crippen molar-refractivity contribution >= 4 is 49.4 Å². The first-order valence-electron chi connectivity index (χ1n) is 17.9. The standard InChI is InChI=1S/C48H31N5/c1-4-14-33(15-5-1)44-45(34-16-6-2-7-17-34)51-31-30-41(49-48(51)50-44)32-24-26-36(27-25-32)53-43-23-13-11-21-38(43)40-29-28-39-37-20-10-12-22-42(37)52(46(39)47(40)53)35-18-8-3-9-19-35/h1-31H. The number of hydrogen-bond acceptors (Lipinski definition) is 2. The van der Waals surface area contributed by atoms with Crippen molar-refractivity contribution in [3.05, 3.63) is 188 Å². The Morgan fingerprint density at radius 1 is 0.358 bits per heavy atom. The van der Waals surface area contributed by atoms with Gasteiger partial charge in [0.2, 0.25) is 5.78 Å². The lowest BCUT2D eigenvalue weighted by Gasteiger charge is -2.13. The smallest absolute Gasteiger partial charge is 0.235 e. The van der Waals surface area contributed by atoms with Gasteiger partial charge in [-0.05, 0) is 42.5 Å². The highest BCUT2D eigenvalue weighted by Crippen LogP contribution is 2.42. The summed E-state index contributed by atoms with van der Waals surface area (Å²) in [5.41, 5.74) is 13.0. The van der Waals surface area contributed by atoms with E-state index in [4.69, 9.17) is 9.97 Å². The van der Waals surface area contributed by atoms with Crippen molar-refractivity contribution in [2.24, 2.45) is 0 Å². The molecule has 5 heteroatoms. The van der Waals surface area contributed by atoms with E-state index >= 15 is 0 Å². The van der Waals surface area contributed by atoms with Crippen LogP contribution in [0.1, 0.15) is 0 Å². The Hall–Kier alpha value is -7.24. The molecule has 0 radical (unpaired) electrons. The Balaban J connectivity index is 1.10. The van der Waals surface area contributed by atoms with Crippen molar-refractivity contribution in [1.29, 1.82) is 0 Å². The third kappa shape index (κ3) is 4.51. The number of imidazole rings is 1. The summed E-state index contributed by atoms with van der Waals surface area (Å²) >= 11 is 0. The van der Waals surface area contributed by atoms with Gasteiger partial charge in [0.15, 0.2) is 0 Å². The van der Waals surface area contributed by atoms with Crippen LogP contribution < -0.4 is 0 Å². The molecule has 11 aromatic rings. The third-order valence-corrected chi connectivity index (χ3v) is 10.5. The maximum absolute atomic E-state index is 5.12. The van der Waals surface area contributed by atoms with Crippen molar-refractivity contribution < 1.29 is 0 Å². The number of nitrogens with zero attached hydrogens (tertiary/aromatic N) is 5. The van der Waals surface area contributed by atoms with Crippen LogP contribution in [0.5, 0.6) is 0 Å². The van der Waals surface area contributed by atoms with E-state index in [-0.39, 0.29) is 0 Å². The molecule has 0 fully saturated rings. The Kier molecular flexibility index (Phi) is 6.48. The average molecular weight is 678 g/mol. The van der Waals surface area contributed by atoms with Crippen LogP contribution in [-0.4, -0.2) is 23.5 Å². The maximum Gasteiger partial charge on any atom is 0.235 e. The fourth-order valence-corrected chi connectivity index (χ4v) is 8.16. The fraction of sp³-hybridized carbons (Fsp3) is 0. The quantitative estimate of drug-likeness (QED) is 0.182. The van der Waals surface area contributed by atoms with Crippen LogP contribution in [0.15, 0.2) is 188 Å². The van der Waals surface area contributed by atoms with Gasteiger partial charge >= 0.3 is 0 Å². The van der Waals surface area contributed by atoms with Gasteiger partial charge in [-0.25, -0.2) is 9.97 Å². The minimum atomic E-state index is 0.669. The summed E-state index contributed by atoms with van der Waals surface area (Å²) in [5.74, 6) is 0.669. The lowest BCUT2D eigenvalue weighted by molar-refractivity contribution is 1.11. The number of benzene rings is 7. The molecule has 0 saturated carbocycles. The largest absolute Gasteiger partial charge is 0.307 e. The van der Waals surface area contributed by atoms with E-state index in [2.05, 4.69) is 190 Å². The summed E-state index contributed by atoms with van der Waals surface area (Å²) in [6.07, 6.45) is 2.10. The Morgan fingerprint density at radius 2 is 0.868 bits per heavy atom. The van der Waals surface area contributed by atoms with Gasteiger partial charge in [0.05, 0.1) is 39.1 Å². The SMILES string of the molecule is c1ccc(-c2nc3nc(-c4ccc(-n5c6ccccc6c6ccc7c8ccccc8n(-c8ccccc8)c7c65)cc4)ccn3c2-c2ccccc2)cc1.